The number of nitrogens with two attached hydrogens (primary N) is 1. The Morgan fingerprint density at radius 1 is 0.950 bits per heavy atom. The summed E-state index contributed by atoms with van der Waals surface area (Å²) in [5.41, 5.74) is 5.92. The largest absolute Gasteiger partial charge is 0.368 e. The molecule has 0 fully saturated rings. The van der Waals surface area contributed by atoms with Gasteiger partial charge in [-0.3, -0.25) is 0 Å². The highest BCUT2D eigenvalue weighted by molar-refractivity contribution is 5.49. The maximum absolute atomic E-state index is 13.9. The Morgan fingerprint density at radius 3 is 2.30 bits per heavy atom. The van der Waals surface area contributed by atoms with E-state index in [0.717, 1.165) is 0 Å². The van der Waals surface area contributed by atoms with E-state index in [1.54, 1.807) is 25.2 Å². The molecule has 106 valence electrons. The molecule has 0 amide bonds. The minimum Gasteiger partial charge on any atom is -0.368 e. The number of anilines is 1. The SMILES string of the molecule is CN(Cc1ccccc1F)c1ccc(CN)c(F)c1F. The molecule has 0 saturated heterocycles. The lowest BCUT2D eigenvalue weighted by molar-refractivity contribution is 0.497. The quantitative estimate of drug-likeness (QED) is 0.932. The fourth-order valence-electron chi connectivity index (χ4n) is 2.00. The van der Waals surface area contributed by atoms with Crippen LogP contribution in [0.2, 0.25) is 0 Å². The summed E-state index contributed by atoms with van der Waals surface area (Å²) in [5.74, 6) is -2.30. The Balaban J connectivity index is 2.28. The number of rotatable bonds is 4. The molecule has 2 aromatic carbocycles. The van der Waals surface area contributed by atoms with E-state index in [1.165, 1.54) is 23.1 Å². The molecule has 0 bridgehead atoms. The summed E-state index contributed by atoms with van der Waals surface area (Å²) in [5, 5.41) is 0. The molecule has 2 N–H and O–H groups in total. The van der Waals surface area contributed by atoms with Crippen LogP contribution in [-0.4, -0.2) is 7.05 Å². The summed E-state index contributed by atoms with van der Waals surface area (Å²) in [6, 6.07) is 9.09. The minimum absolute atomic E-state index is 0.0694. The van der Waals surface area contributed by atoms with Gasteiger partial charge in [-0.05, 0) is 12.1 Å². The fraction of sp³-hybridized carbons (Fsp3) is 0.200. The molecule has 0 aliphatic heterocycles. The van der Waals surface area contributed by atoms with Crippen LogP contribution in [-0.2, 0) is 13.1 Å². The maximum atomic E-state index is 13.9. The van der Waals surface area contributed by atoms with Crippen molar-refractivity contribution in [3.8, 4) is 0 Å². The van der Waals surface area contributed by atoms with Gasteiger partial charge in [0.1, 0.15) is 5.82 Å². The summed E-state index contributed by atoms with van der Waals surface area (Å²) in [6.45, 7) is 0.0745. The van der Waals surface area contributed by atoms with Gasteiger partial charge in [-0.15, -0.1) is 0 Å². The van der Waals surface area contributed by atoms with Crippen LogP contribution in [0.1, 0.15) is 11.1 Å². The van der Waals surface area contributed by atoms with Gasteiger partial charge < -0.3 is 10.6 Å². The van der Waals surface area contributed by atoms with Gasteiger partial charge >= 0.3 is 0 Å². The fourth-order valence-corrected chi connectivity index (χ4v) is 2.00. The van der Waals surface area contributed by atoms with Crippen LogP contribution in [0.5, 0.6) is 0 Å². The highest BCUT2D eigenvalue weighted by Crippen LogP contribution is 2.25. The molecule has 0 spiro atoms. The van der Waals surface area contributed by atoms with Crippen molar-refractivity contribution in [2.45, 2.75) is 13.1 Å². The summed E-state index contributed by atoms with van der Waals surface area (Å²) >= 11 is 0. The molecule has 0 aliphatic carbocycles. The van der Waals surface area contributed by atoms with Crippen LogP contribution in [0.4, 0.5) is 18.9 Å². The van der Waals surface area contributed by atoms with Crippen LogP contribution in [0.3, 0.4) is 0 Å². The van der Waals surface area contributed by atoms with E-state index in [0.29, 0.717) is 5.56 Å². The lowest BCUT2D eigenvalue weighted by atomic mass is 10.1. The molecule has 20 heavy (non-hydrogen) atoms. The van der Waals surface area contributed by atoms with Crippen molar-refractivity contribution in [3.63, 3.8) is 0 Å². The zero-order valence-electron chi connectivity index (χ0n) is 11.0. The van der Waals surface area contributed by atoms with Crippen molar-refractivity contribution in [1.29, 1.82) is 0 Å². The van der Waals surface area contributed by atoms with Crippen molar-refractivity contribution in [3.05, 3.63) is 65.0 Å². The number of hydrogen-bond donors (Lipinski definition) is 1. The van der Waals surface area contributed by atoms with Crippen LogP contribution < -0.4 is 10.6 Å². The van der Waals surface area contributed by atoms with Crippen molar-refractivity contribution in [2.24, 2.45) is 5.73 Å². The molecule has 0 aliphatic rings. The summed E-state index contributed by atoms with van der Waals surface area (Å²) in [7, 11) is 1.58. The Kier molecular flexibility index (Phi) is 4.29. The van der Waals surface area contributed by atoms with Crippen molar-refractivity contribution < 1.29 is 13.2 Å². The summed E-state index contributed by atoms with van der Waals surface area (Å²) in [6.07, 6.45) is 0. The smallest absolute Gasteiger partial charge is 0.182 e. The van der Waals surface area contributed by atoms with Gasteiger partial charge in [0.05, 0.1) is 5.69 Å². The first-order valence-corrected chi connectivity index (χ1v) is 6.16. The average Bonchev–Trinajstić information content (AvgIpc) is 2.44. The number of benzene rings is 2. The molecule has 5 heteroatoms. The Morgan fingerprint density at radius 2 is 1.65 bits per heavy atom. The van der Waals surface area contributed by atoms with E-state index in [1.807, 2.05) is 0 Å². The second kappa shape index (κ2) is 5.96. The van der Waals surface area contributed by atoms with E-state index in [9.17, 15) is 13.2 Å². The van der Waals surface area contributed by atoms with Crippen molar-refractivity contribution in [1.82, 2.24) is 0 Å². The zero-order valence-corrected chi connectivity index (χ0v) is 11.0. The molecule has 0 heterocycles. The standard InChI is InChI=1S/C15H15F3N2/c1-20(9-11-4-2-3-5-12(11)16)13-7-6-10(8-19)14(17)15(13)18/h2-7H,8-9,19H2,1H3. The lowest BCUT2D eigenvalue weighted by Crippen LogP contribution is -2.19. The van der Waals surface area contributed by atoms with E-state index in [2.05, 4.69) is 0 Å². The third kappa shape index (κ3) is 2.77. The molecule has 0 unspecified atom stereocenters. The first-order valence-electron chi connectivity index (χ1n) is 6.16. The highest BCUT2D eigenvalue weighted by Gasteiger charge is 2.16. The molecule has 0 aromatic heterocycles. The van der Waals surface area contributed by atoms with Gasteiger partial charge in [-0.25, -0.2) is 13.2 Å². The Bertz CT molecular complexity index is 614. The van der Waals surface area contributed by atoms with Crippen LogP contribution >= 0.6 is 0 Å². The normalized spacial score (nSPS) is 10.7. The van der Waals surface area contributed by atoms with Crippen molar-refractivity contribution in [2.75, 3.05) is 11.9 Å². The molecule has 0 saturated carbocycles. The van der Waals surface area contributed by atoms with Gasteiger partial charge in [0, 0.05) is 31.3 Å². The summed E-state index contributed by atoms with van der Waals surface area (Å²) < 4.78 is 41.2. The highest BCUT2D eigenvalue weighted by atomic mass is 19.2. The molecule has 2 nitrogen and oxygen atoms in total. The predicted octanol–water partition coefficient (Wildman–Crippen LogP) is 3.20. The minimum atomic E-state index is -0.966. The Labute approximate surface area is 115 Å². The average molecular weight is 280 g/mol. The zero-order chi connectivity index (χ0) is 14.7. The monoisotopic (exact) mass is 280 g/mol. The second-order valence-corrected chi connectivity index (χ2v) is 4.52. The van der Waals surface area contributed by atoms with E-state index >= 15 is 0 Å². The molecule has 2 aromatic rings. The van der Waals surface area contributed by atoms with E-state index in [-0.39, 0.29) is 30.2 Å². The van der Waals surface area contributed by atoms with Gasteiger partial charge in [-0.1, -0.05) is 24.3 Å². The number of halogens is 3. The summed E-state index contributed by atoms with van der Waals surface area (Å²) in [4.78, 5) is 1.46. The predicted molar refractivity (Wildman–Crippen MR) is 72.8 cm³/mol. The number of nitrogens with zero attached hydrogens (tertiary/aromatic N) is 1. The third-order valence-corrected chi connectivity index (χ3v) is 3.14. The Hall–Kier alpha value is -2.01. The van der Waals surface area contributed by atoms with Crippen molar-refractivity contribution >= 4 is 5.69 Å². The van der Waals surface area contributed by atoms with E-state index < -0.39 is 11.6 Å². The van der Waals surface area contributed by atoms with Crippen LogP contribution in [0, 0.1) is 17.5 Å². The maximum Gasteiger partial charge on any atom is 0.182 e. The van der Waals surface area contributed by atoms with Gasteiger partial charge in [0.25, 0.3) is 0 Å². The first kappa shape index (κ1) is 14.4. The van der Waals surface area contributed by atoms with Crippen LogP contribution in [0.25, 0.3) is 0 Å². The van der Waals surface area contributed by atoms with E-state index in [4.69, 9.17) is 5.73 Å². The van der Waals surface area contributed by atoms with Crippen LogP contribution in [0.15, 0.2) is 36.4 Å². The molecule has 0 atom stereocenters. The molecular weight excluding hydrogens is 265 g/mol. The van der Waals surface area contributed by atoms with Gasteiger partial charge in [0.2, 0.25) is 0 Å². The molecule has 2 rings (SSSR count). The topological polar surface area (TPSA) is 29.3 Å². The van der Waals surface area contributed by atoms with Gasteiger partial charge in [-0.2, -0.15) is 0 Å². The number of hydrogen-bond acceptors (Lipinski definition) is 2. The van der Waals surface area contributed by atoms with Gasteiger partial charge in [0.15, 0.2) is 11.6 Å². The third-order valence-electron chi connectivity index (χ3n) is 3.14. The first-order chi connectivity index (χ1) is 9.54. The molecular formula is C15H15F3N2. The second-order valence-electron chi connectivity index (χ2n) is 4.52. The lowest BCUT2D eigenvalue weighted by Gasteiger charge is -2.21. The molecule has 0 radical (unpaired) electrons.